The number of hydrogen-bond donors (Lipinski definition) is 1. The summed E-state index contributed by atoms with van der Waals surface area (Å²) in [5, 5.41) is 0. The first-order valence-electron chi connectivity index (χ1n) is 6.12. The molecule has 0 amide bonds. The summed E-state index contributed by atoms with van der Waals surface area (Å²) in [4.78, 5) is 4.46. The van der Waals surface area contributed by atoms with E-state index in [-0.39, 0.29) is 5.82 Å². The second-order valence-electron chi connectivity index (χ2n) is 4.72. The van der Waals surface area contributed by atoms with Gasteiger partial charge in [0, 0.05) is 13.2 Å². The van der Waals surface area contributed by atoms with Crippen molar-refractivity contribution in [3.63, 3.8) is 0 Å². The van der Waals surface area contributed by atoms with Gasteiger partial charge >= 0.3 is 0 Å². The highest BCUT2D eigenvalue weighted by molar-refractivity contribution is 5.76. The summed E-state index contributed by atoms with van der Waals surface area (Å²) in [5.41, 5.74) is 7.36. The lowest BCUT2D eigenvalue weighted by molar-refractivity contribution is 0.00659. The molecule has 1 aromatic carbocycles. The highest BCUT2D eigenvalue weighted by Gasteiger charge is 2.32. The second-order valence-corrected chi connectivity index (χ2v) is 4.72. The maximum absolute atomic E-state index is 13.4. The summed E-state index contributed by atoms with van der Waals surface area (Å²) in [6.45, 7) is 0.366. The molecule has 0 saturated heterocycles. The van der Waals surface area contributed by atoms with Gasteiger partial charge in [0.15, 0.2) is 0 Å². The topological polar surface area (TPSA) is 53.1 Å². The van der Waals surface area contributed by atoms with Crippen molar-refractivity contribution < 1.29 is 9.13 Å². The van der Waals surface area contributed by atoms with E-state index in [9.17, 15) is 4.39 Å². The first-order chi connectivity index (χ1) is 8.72. The van der Waals surface area contributed by atoms with Crippen molar-refractivity contribution in [2.45, 2.75) is 31.5 Å². The van der Waals surface area contributed by atoms with Gasteiger partial charge in [0.2, 0.25) is 0 Å². The van der Waals surface area contributed by atoms with E-state index in [2.05, 4.69) is 9.55 Å². The molecule has 1 aromatic heterocycles. The van der Waals surface area contributed by atoms with Crippen LogP contribution < -0.4 is 5.73 Å². The van der Waals surface area contributed by atoms with E-state index in [1.54, 1.807) is 13.2 Å². The van der Waals surface area contributed by atoms with Crippen LogP contribution >= 0.6 is 0 Å². The number of halogens is 1. The van der Waals surface area contributed by atoms with Crippen LogP contribution in [0.4, 0.5) is 4.39 Å². The molecule has 3 rings (SSSR count). The van der Waals surface area contributed by atoms with Gasteiger partial charge in [0.25, 0.3) is 0 Å². The largest absolute Gasteiger partial charge is 0.381 e. The lowest BCUT2D eigenvalue weighted by Crippen LogP contribution is -2.33. The van der Waals surface area contributed by atoms with Crippen molar-refractivity contribution in [2.75, 3.05) is 7.11 Å². The first-order valence-corrected chi connectivity index (χ1v) is 6.12. The Labute approximate surface area is 105 Å². The predicted molar refractivity (Wildman–Crippen MR) is 66.7 cm³/mol. The monoisotopic (exact) mass is 249 g/mol. The van der Waals surface area contributed by atoms with Crippen LogP contribution in [0.15, 0.2) is 18.2 Å². The van der Waals surface area contributed by atoms with Crippen LogP contribution in [0.25, 0.3) is 11.0 Å². The van der Waals surface area contributed by atoms with Crippen LogP contribution in [-0.2, 0) is 11.3 Å². The van der Waals surface area contributed by atoms with Gasteiger partial charge in [0.05, 0.1) is 23.7 Å². The van der Waals surface area contributed by atoms with Crippen molar-refractivity contribution in [1.82, 2.24) is 9.55 Å². The quantitative estimate of drug-likeness (QED) is 0.905. The molecular weight excluding hydrogens is 233 g/mol. The maximum Gasteiger partial charge on any atom is 0.125 e. The average Bonchev–Trinajstić information content (AvgIpc) is 2.66. The Morgan fingerprint density at radius 3 is 2.94 bits per heavy atom. The molecule has 0 unspecified atom stereocenters. The minimum Gasteiger partial charge on any atom is -0.381 e. The minimum atomic E-state index is -0.241. The molecule has 0 bridgehead atoms. The van der Waals surface area contributed by atoms with Crippen LogP contribution in [0, 0.1) is 5.82 Å². The molecule has 96 valence electrons. The smallest absolute Gasteiger partial charge is 0.125 e. The van der Waals surface area contributed by atoms with Gasteiger partial charge < -0.3 is 15.0 Å². The standard InChI is InChI=1S/C13H16FN3O/c1-18-10-5-9(6-10)17-12-4-8(14)2-3-11(12)16-13(17)7-15/h2-4,9-10H,5-7,15H2,1H3/t9-,10-. The Hall–Kier alpha value is -1.46. The summed E-state index contributed by atoms with van der Waals surface area (Å²) >= 11 is 0. The fraction of sp³-hybridized carbons (Fsp3) is 0.462. The molecule has 1 saturated carbocycles. The SMILES string of the molecule is CO[C@H]1C[C@H](n2c(CN)nc3ccc(F)cc32)C1. The Balaban J connectivity index is 2.05. The number of imidazole rings is 1. The number of nitrogens with zero attached hydrogens (tertiary/aromatic N) is 2. The highest BCUT2D eigenvalue weighted by Crippen LogP contribution is 2.37. The van der Waals surface area contributed by atoms with Gasteiger partial charge in [0.1, 0.15) is 11.6 Å². The summed E-state index contributed by atoms with van der Waals surface area (Å²) in [5.74, 6) is 0.574. The highest BCUT2D eigenvalue weighted by atomic mass is 19.1. The normalized spacial score (nSPS) is 23.3. The number of aromatic nitrogens is 2. The third kappa shape index (κ3) is 1.71. The summed E-state index contributed by atoms with van der Waals surface area (Å²) in [6, 6.07) is 4.98. The van der Waals surface area contributed by atoms with E-state index in [1.807, 2.05) is 0 Å². The van der Waals surface area contributed by atoms with Gasteiger partial charge in [-0.3, -0.25) is 0 Å². The first kappa shape index (κ1) is 11.6. The molecule has 0 atom stereocenters. The second kappa shape index (κ2) is 4.33. The number of hydrogen-bond acceptors (Lipinski definition) is 3. The number of nitrogens with two attached hydrogens (primary N) is 1. The van der Waals surface area contributed by atoms with Gasteiger partial charge in [-0.2, -0.15) is 0 Å². The van der Waals surface area contributed by atoms with Crippen LogP contribution in [-0.4, -0.2) is 22.8 Å². The number of fused-ring (bicyclic) bond motifs is 1. The Kier molecular flexibility index (Phi) is 2.80. The molecule has 1 fully saturated rings. The van der Waals surface area contributed by atoms with E-state index >= 15 is 0 Å². The number of rotatable bonds is 3. The lowest BCUT2D eigenvalue weighted by Gasteiger charge is -2.36. The van der Waals surface area contributed by atoms with Gasteiger partial charge in [-0.05, 0) is 31.0 Å². The van der Waals surface area contributed by atoms with Crippen LogP contribution in [0.3, 0.4) is 0 Å². The van der Waals surface area contributed by atoms with Crippen molar-refractivity contribution in [1.29, 1.82) is 0 Å². The zero-order chi connectivity index (χ0) is 12.7. The van der Waals surface area contributed by atoms with E-state index in [0.717, 1.165) is 29.7 Å². The fourth-order valence-corrected chi connectivity index (χ4v) is 2.61. The van der Waals surface area contributed by atoms with E-state index in [1.165, 1.54) is 12.1 Å². The summed E-state index contributed by atoms with van der Waals surface area (Å²) in [7, 11) is 1.72. The van der Waals surface area contributed by atoms with Crippen molar-refractivity contribution in [2.24, 2.45) is 5.73 Å². The number of benzene rings is 1. The Morgan fingerprint density at radius 1 is 1.50 bits per heavy atom. The van der Waals surface area contributed by atoms with Crippen molar-refractivity contribution >= 4 is 11.0 Å². The van der Waals surface area contributed by atoms with Crippen molar-refractivity contribution in [3.8, 4) is 0 Å². The average molecular weight is 249 g/mol. The maximum atomic E-state index is 13.4. The van der Waals surface area contributed by atoms with E-state index < -0.39 is 0 Å². The number of methoxy groups -OCH3 is 1. The molecule has 1 aliphatic rings. The molecular formula is C13H16FN3O. The molecule has 18 heavy (non-hydrogen) atoms. The van der Waals surface area contributed by atoms with Gasteiger partial charge in [-0.25, -0.2) is 9.37 Å². The lowest BCUT2D eigenvalue weighted by atomic mass is 9.88. The molecule has 1 aliphatic carbocycles. The Bertz CT molecular complexity index is 575. The van der Waals surface area contributed by atoms with Gasteiger partial charge in [-0.15, -0.1) is 0 Å². The van der Waals surface area contributed by atoms with E-state index in [0.29, 0.717) is 18.7 Å². The predicted octanol–water partition coefficient (Wildman–Crippen LogP) is 1.98. The van der Waals surface area contributed by atoms with Crippen molar-refractivity contribution in [3.05, 3.63) is 29.8 Å². The third-order valence-electron chi connectivity index (χ3n) is 3.68. The van der Waals surface area contributed by atoms with E-state index in [4.69, 9.17) is 10.5 Å². The molecule has 0 spiro atoms. The van der Waals surface area contributed by atoms with Crippen LogP contribution in [0.2, 0.25) is 0 Å². The molecule has 2 aromatic rings. The fourth-order valence-electron chi connectivity index (χ4n) is 2.61. The van der Waals surface area contributed by atoms with Gasteiger partial charge in [-0.1, -0.05) is 0 Å². The third-order valence-corrected chi connectivity index (χ3v) is 3.68. The zero-order valence-electron chi connectivity index (χ0n) is 10.3. The Morgan fingerprint density at radius 2 is 2.28 bits per heavy atom. The molecule has 5 heteroatoms. The zero-order valence-corrected chi connectivity index (χ0v) is 10.3. The molecule has 4 nitrogen and oxygen atoms in total. The van der Waals surface area contributed by atoms with Crippen LogP contribution in [0.1, 0.15) is 24.7 Å². The molecule has 0 radical (unpaired) electrons. The van der Waals surface area contributed by atoms with Crippen LogP contribution in [0.5, 0.6) is 0 Å². The summed E-state index contributed by atoms with van der Waals surface area (Å²) in [6.07, 6.45) is 2.17. The summed E-state index contributed by atoms with van der Waals surface area (Å²) < 4.78 is 20.7. The molecule has 2 N–H and O–H groups in total. The molecule has 1 heterocycles. The molecule has 0 aliphatic heterocycles. The minimum absolute atomic E-state index is 0.241. The number of ether oxygens (including phenoxy) is 1.